The molecule has 1 atom stereocenters. The summed E-state index contributed by atoms with van der Waals surface area (Å²) in [6.45, 7) is 13.6. The highest BCUT2D eigenvalue weighted by atomic mass is 14.3. The maximum absolute atomic E-state index is 3.65. The highest BCUT2D eigenvalue weighted by Crippen LogP contribution is 2.35. The van der Waals surface area contributed by atoms with Crippen molar-refractivity contribution >= 4 is 0 Å². The van der Waals surface area contributed by atoms with Gasteiger partial charge in [-0.15, -0.1) is 0 Å². The number of hydrogen-bond acceptors (Lipinski definition) is 0. The normalized spacial score (nSPS) is 18.4. The lowest BCUT2D eigenvalue weighted by Crippen LogP contribution is -2.01. The standard InChI is InChI=1S/C14H23/c1-9(2)12-7-13(10(3)4)14(8-12)11(5)6/h7,9-12H,1-6H3. The minimum atomic E-state index is 0.546. The fraction of sp³-hybridized carbons (Fsp3) is 0.714. The van der Waals surface area contributed by atoms with Gasteiger partial charge in [0.05, 0.1) is 0 Å². The van der Waals surface area contributed by atoms with Crippen LogP contribution in [0.3, 0.4) is 0 Å². The van der Waals surface area contributed by atoms with Crippen molar-refractivity contribution < 1.29 is 0 Å². The Balaban J connectivity index is 2.93. The fourth-order valence-corrected chi connectivity index (χ4v) is 1.95. The first-order valence-electron chi connectivity index (χ1n) is 5.79. The molecular formula is C14H23. The Hall–Kier alpha value is -0.520. The summed E-state index contributed by atoms with van der Waals surface area (Å²) in [5.41, 5.74) is 2.98. The average molecular weight is 191 g/mol. The van der Waals surface area contributed by atoms with E-state index in [1.807, 2.05) is 0 Å². The van der Waals surface area contributed by atoms with E-state index in [1.165, 1.54) is 11.1 Å². The first-order valence-corrected chi connectivity index (χ1v) is 5.79. The van der Waals surface area contributed by atoms with Crippen LogP contribution < -0.4 is 0 Å². The molecule has 1 unspecified atom stereocenters. The Morgan fingerprint density at radius 1 is 1.00 bits per heavy atom. The third kappa shape index (κ3) is 2.29. The van der Waals surface area contributed by atoms with Crippen LogP contribution in [-0.4, -0.2) is 0 Å². The van der Waals surface area contributed by atoms with Gasteiger partial charge in [0.25, 0.3) is 0 Å². The molecule has 1 rings (SSSR count). The summed E-state index contributed by atoms with van der Waals surface area (Å²) in [7, 11) is 0. The second kappa shape index (κ2) is 4.33. The summed E-state index contributed by atoms with van der Waals surface area (Å²) in [5, 5.41) is 0. The summed E-state index contributed by atoms with van der Waals surface area (Å²) in [6.07, 6.45) is 6.07. The predicted octanol–water partition coefficient (Wildman–Crippen LogP) is 4.24. The molecule has 0 fully saturated rings. The van der Waals surface area contributed by atoms with Crippen molar-refractivity contribution in [3.8, 4) is 0 Å². The van der Waals surface area contributed by atoms with E-state index in [-0.39, 0.29) is 0 Å². The lowest BCUT2D eigenvalue weighted by atomic mass is 9.91. The Morgan fingerprint density at radius 2 is 1.57 bits per heavy atom. The molecule has 1 aliphatic rings. The SMILES string of the molecule is CC(C)C1=[C]C(C(C)C)C=C1C(C)C. The zero-order valence-electron chi connectivity index (χ0n) is 10.4. The molecule has 0 amide bonds. The molecule has 1 aliphatic carbocycles. The third-order valence-electron chi connectivity index (χ3n) is 2.91. The van der Waals surface area contributed by atoms with Crippen molar-refractivity contribution in [2.24, 2.45) is 23.7 Å². The molecule has 0 nitrogen and oxygen atoms in total. The zero-order valence-corrected chi connectivity index (χ0v) is 10.4. The van der Waals surface area contributed by atoms with Crippen LogP contribution in [0.15, 0.2) is 17.2 Å². The maximum Gasteiger partial charge on any atom is 0.00530 e. The quantitative estimate of drug-likeness (QED) is 0.626. The van der Waals surface area contributed by atoms with Crippen LogP contribution in [-0.2, 0) is 0 Å². The van der Waals surface area contributed by atoms with Crippen LogP contribution in [0.1, 0.15) is 41.5 Å². The van der Waals surface area contributed by atoms with Crippen LogP contribution in [0.5, 0.6) is 0 Å². The van der Waals surface area contributed by atoms with E-state index in [1.54, 1.807) is 0 Å². The number of hydrogen-bond donors (Lipinski definition) is 0. The molecule has 0 aromatic heterocycles. The molecule has 0 saturated carbocycles. The van der Waals surface area contributed by atoms with Crippen LogP contribution in [0.4, 0.5) is 0 Å². The molecule has 1 radical (unpaired) electrons. The highest BCUT2D eigenvalue weighted by Gasteiger charge is 2.23. The molecule has 0 spiro atoms. The van der Waals surface area contributed by atoms with Gasteiger partial charge in [0.15, 0.2) is 0 Å². The van der Waals surface area contributed by atoms with Gasteiger partial charge in [0.1, 0.15) is 0 Å². The third-order valence-corrected chi connectivity index (χ3v) is 2.91. The summed E-state index contributed by atoms with van der Waals surface area (Å²) >= 11 is 0. The van der Waals surface area contributed by atoms with E-state index in [2.05, 4.69) is 53.7 Å². The summed E-state index contributed by atoms with van der Waals surface area (Å²) < 4.78 is 0. The lowest BCUT2D eigenvalue weighted by molar-refractivity contribution is 0.540. The number of rotatable bonds is 3. The Kier molecular flexibility index (Phi) is 3.58. The number of allylic oxidation sites excluding steroid dienone is 4. The highest BCUT2D eigenvalue weighted by molar-refractivity contribution is 5.38. The molecule has 0 saturated heterocycles. The minimum absolute atomic E-state index is 0.546. The van der Waals surface area contributed by atoms with Crippen molar-refractivity contribution in [1.82, 2.24) is 0 Å². The molecule has 79 valence electrons. The van der Waals surface area contributed by atoms with E-state index < -0.39 is 0 Å². The molecular weight excluding hydrogens is 168 g/mol. The van der Waals surface area contributed by atoms with Crippen LogP contribution in [0, 0.1) is 29.7 Å². The van der Waals surface area contributed by atoms with E-state index in [0.717, 1.165) is 0 Å². The van der Waals surface area contributed by atoms with E-state index >= 15 is 0 Å². The van der Waals surface area contributed by atoms with Crippen LogP contribution >= 0.6 is 0 Å². The van der Waals surface area contributed by atoms with Crippen molar-refractivity contribution in [3.05, 3.63) is 23.3 Å². The zero-order chi connectivity index (χ0) is 10.9. The van der Waals surface area contributed by atoms with E-state index in [0.29, 0.717) is 23.7 Å². The predicted molar refractivity (Wildman–Crippen MR) is 62.8 cm³/mol. The van der Waals surface area contributed by atoms with Gasteiger partial charge in [0, 0.05) is 5.92 Å². The molecule has 0 heterocycles. The van der Waals surface area contributed by atoms with Gasteiger partial charge >= 0.3 is 0 Å². The largest absolute Gasteiger partial charge is 0.0730 e. The van der Waals surface area contributed by atoms with Crippen molar-refractivity contribution in [2.45, 2.75) is 41.5 Å². The first kappa shape index (κ1) is 11.6. The lowest BCUT2D eigenvalue weighted by Gasteiger charge is -2.14. The molecule has 0 aromatic rings. The first-order chi connectivity index (χ1) is 6.43. The van der Waals surface area contributed by atoms with Gasteiger partial charge < -0.3 is 0 Å². The van der Waals surface area contributed by atoms with Crippen LogP contribution in [0.2, 0.25) is 0 Å². The maximum atomic E-state index is 3.65. The molecule has 0 heteroatoms. The Bertz CT molecular complexity index is 227. The van der Waals surface area contributed by atoms with Crippen molar-refractivity contribution in [2.75, 3.05) is 0 Å². The van der Waals surface area contributed by atoms with Gasteiger partial charge in [-0.1, -0.05) is 47.6 Å². The van der Waals surface area contributed by atoms with Crippen LogP contribution in [0.25, 0.3) is 0 Å². The Morgan fingerprint density at radius 3 is 1.86 bits per heavy atom. The van der Waals surface area contributed by atoms with Gasteiger partial charge in [-0.2, -0.15) is 0 Å². The topological polar surface area (TPSA) is 0 Å². The van der Waals surface area contributed by atoms with E-state index in [9.17, 15) is 0 Å². The van der Waals surface area contributed by atoms with Crippen molar-refractivity contribution in [3.63, 3.8) is 0 Å². The summed E-state index contributed by atoms with van der Waals surface area (Å²) in [4.78, 5) is 0. The van der Waals surface area contributed by atoms with Gasteiger partial charge in [-0.05, 0) is 35.0 Å². The summed E-state index contributed by atoms with van der Waals surface area (Å²) in [6, 6.07) is 0. The molecule has 14 heavy (non-hydrogen) atoms. The monoisotopic (exact) mass is 191 g/mol. The summed E-state index contributed by atoms with van der Waals surface area (Å²) in [5.74, 6) is 2.49. The minimum Gasteiger partial charge on any atom is -0.0730 e. The molecule has 0 aliphatic heterocycles. The smallest absolute Gasteiger partial charge is 0.00530 e. The average Bonchev–Trinajstić information content (AvgIpc) is 2.47. The van der Waals surface area contributed by atoms with Gasteiger partial charge in [-0.25, -0.2) is 0 Å². The van der Waals surface area contributed by atoms with E-state index in [4.69, 9.17) is 0 Å². The Labute approximate surface area is 89.1 Å². The van der Waals surface area contributed by atoms with Crippen molar-refractivity contribution in [1.29, 1.82) is 0 Å². The second-order valence-corrected chi connectivity index (χ2v) is 5.26. The van der Waals surface area contributed by atoms with Gasteiger partial charge in [-0.3, -0.25) is 0 Å². The second-order valence-electron chi connectivity index (χ2n) is 5.26. The fourth-order valence-electron chi connectivity index (χ4n) is 1.95. The molecule has 0 aromatic carbocycles. The van der Waals surface area contributed by atoms with Gasteiger partial charge in [0.2, 0.25) is 0 Å². The molecule has 0 bridgehead atoms. The molecule has 0 N–H and O–H groups in total.